The Kier molecular flexibility index (Phi) is 5.19. The molecule has 0 spiro atoms. The molecule has 0 aliphatic rings. The second-order valence-corrected chi connectivity index (χ2v) is 10.1. The number of furan rings is 1. The topological polar surface area (TPSA) is 76.4 Å². The van der Waals surface area contributed by atoms with Crippen molar-refractivity contribution in [1.29, 1.82) is 0 Å². The van der Waals surface area contributed by atoms with Gasteiger partial charge in [0.05, 0.1) is 4.90 Å². The molecule has 31 heavy (non-hydrogen) atoms. The van der Waals surface area contributed by atoms with E-state index in [1.807, 2.05) is 42.5 Å². The van der Waals surface area contributed by atoms with Crippen LogP contribution in [0.2, 0.25) is 0 Å². The molecule has 4 rings (SSSR count). The van der Waals surface area contributed by atoms with E-state index in [1.54, 1.807) is 30.3 Å². The minimum Gasteiger partial charge on any atom is -0.453 e. The fourth-order valence-corrected chi connectivity index (χ4v) is 4.56. The van der Waals surface area contributed by atoms with Crippen LogP contribution in [0.3, 0.4) is 0 Å². The summed E-state index contributed by atoms with van der Waals surface area (Å²) in [6.07, 6.45) is 0.670. The maximum atomic E-state index is 12.9. The molecule has 0 radical (unpaired) electrons. The number of fused-ring (bicyclic) bond motifs is 1. The minimum absolute atomic E-state index is 0.0633. The van der Waals surface area contributed by atoms with Gasteiger partial charge in [-0.25, -0.2) is 8.42 Å². The van der Waals surface area contributed by atoms with Crippen LogP contribution in [-0.4, -0.2) is 14.7 Å². The molecule has 5 nitrogen and oxygen atoms in total. The molecule has 1 N–H and O–H groups in total. The number of nitrogens with one attached hydrogen (secondary N) is 1. The quantitative estimate of drug-likeness (QED) is 0.391. The number of hydrogen-bond acceptors (Lipinski definition) is 4. The summed E-state index contributed by atoms with van der Waals surface area (Å²) >= 11 is 0. The van der Waals surface area contributed by atoms with E-state index in [2.05, 4.69) is 25.5 Å². The summed E-state index contributed by atoms with van der Waals surface area (Å²) in [4.78, 5) is 11.7. The van der Waals surface area contributed by atoms with Crippen molar-refractivity contribution in [2.45, 2.75) is 31.1 Å². The van der Waals surface area contributed by atoms with Crippen LogP contribution in [0.15, 0.2) is 82.1 Å². The van der Waals surface area contributed by atoms with Gasteiger partial charge in [0.25, 0.3) is 10.0 Å². The van der Waals surface area contributed by atoms with Crippen molar-refractivity contribution in [3.63, 3.8) is 0 Å². The smallest absolute Gasteiger partial charge is 0.261 e. The monoisotopic (exact) mass is 433 g/mol. The van der Waals surface area contributed by atoms with E-state index in [4.69, 9.17) is 4.42 Å². The minimum atomic E-state index is -3.77. The Balaban J connectivity index is 1.73. The molecule has 0 unspecified atom stereocenters. The van der Waals surface area contributed by atoms with E-state index < -0.39 is 10.0 Å². The molecule has 3 aromatic carbocycles. The van der Waals surface area contributed by atoms with Gasteiger partial charge in [0.1, 0.15) is 5.58 Å². The van der Waals surface area contributed by atoms with Crippen LogP contribution >= 0.6 is 0 Å². The van der Waals surface area contributed by atoms with Gasteiger partial charge in [-0.3, -0.25) is 9.52 Å². The van der Waals surface area contributed by atoms with Crippen molar-refractivity contribution in [2.75, 3.05) is 4.72 Å². The molecule has 0 saturated carbocycles. The van der Waals surface area contributed by atoms with E-state index in [1.165, 1.54) is 0 Å². The van der Waals surface area contributed by atoms with Crippen LogP contribution in [0.4, 0.5) is 5.69 Å². The highest BCUT2D eigenvalue weighted by atomic mass is 32.2. The fourth-order valence-electron chi connectivity index (χ4n) is 3.51. The van der Waals surface area contributed by atoms with E-state index >= 15 is 0 Å². The maximum absolute atomic E-state index is 12.9. The Morgan fingerprint density at radius 1 is 0.903 bits per heavy atom. The number of aldehydes is 1. The van der Waals surface area contributed by atoms with Crippen molar-refractivity contribution in [2.24, 2.45) is 0 Å². The van der Waals surface area contributed by atoms with Crippen LogP contribution in [0.5, 0.6) is 0 Å². The van der Waals surface area contributed by atoms with Crippen LogP contribution in [0.25, 0.3) is 22.1 Å². The number of rotatable bonds is 5. The van der Waals surface area contributed by atoms with Crippen LogP contribution in [-0.2, 0) is 15.4 Å². The summed E-state index contributed by atoms with van der Waals surface area (Å²) < 4.78 is 34.2. The SMILES string of the molecule is CC(C)(C)c1ccc(S(=O)(=O)Nc2ccc3oc(C=O)c(-c4ccccc4)c3c2)cc1. The maximum Gasteiger partial charge on any atom is 0.261 e. The number of anilines is 1. The molecule has 158 valence electrons. The lowest BCUT2D eigenvalue weighted by Crippen LogP contribution is -2.14. The predicted molar refractivity (Wildman–Crippen MR) is 123 cm³/mol. The predicted octanol–water partition coefficient (Wildman–Crippen LogP) is 6.01. The van der Waals surface area contributed by atoms with Gasteiger partial charge < -0.3 is 4.42 Å². The third-order valence-corrected chi connectivity index (χ3v) is 6.56. The Bertz CT molecular complexity index is 1350. The van der Waals surface area contributed by atoms with Gasteiger partial charge in [0, 0.05) is 16.6 Å². The zero-order valence-electron chi connectivity index (χ0n) is 17.5. The van der Waals surface area contributed by atoms with Crippen molar-refractivity contribution >= 4 is 33.0 Å². The second kappa shape index (κ2) is 7.71. The fraction of sp³-hybridized carbons (Fsp3) is 0.160. The third kappa shape index (κ3) is 4.11. The van der Waals surface area contributed by atoms with E-state index in [-0.39, 0.29) is 16.1 Å². The Labute approximate surface area is 181 Å². The number of benzene rings is 3. The first kappa shape index (κ1) is 20.9. The summed E-state index contributed by atoms with van der Waals surface area (Å²) in [6, 6.07) is 21.2. The second-order valence-electron chi connectivity index (χ2n) is 8.42. The van der Waals surface area contributed by atoms with Crippen molar-refractivity contribution in [3.8, 4) is 11.1 Å². The zero-order valence-corrected chi connectivity index (χ0v) is 18.4. The van der Waals surface area contributed by atoms with Gasteiger partial charge in [0.15, 0.2) is 12.0 Å². The number of carbonyl (C=O) groups excluding carboxylic acids is 1. The number of carbonyl (C=O) groups is 1. The van der Waals surface area contributed by atoms with Gasteiger partial charge in [-0.15, -0.1) is 0 Å². The van der Waals surface area contributed by atoms with Crippen molar-refractivity contribution < 1.29 is 17.6 Å². The molecule has 0 bridgehead atoms. The molecule has 0 fully saturated rings. The molecule has 6 heteroatoms. The highest BCUT2D eigenvalue weighted by Gasteiger charge is 2.20. The molecule has 0 atom stereocenters. The van der Waals surface area contributed by atoms with Crippen LogP contribution in [0.1, 0.15) is 36.9 Å². The summed E-state index contributed by atoms with van der Waals surface area (Å²) in [7, 11) is -3.77. The molecule has 1 heterocycles. The average Bonchev–Trinajstić information content (AvgIpc) is 3.11. The lowest BCUT2D eigenvalue weighted by molar-refractivity contribution is 0.110. The van der Waals surface area contributed by atoms with Gasteiger partial charge in [-0.1, -0.05) is 63.2 Å². The van der Waals surface area contributed by atoms with Gasteiger partial charge in [-0.05, 0) is 46.9 Å². The summed E-state index contributed by atoms with van der Waals surface area (Å²) in [6.45, 7) is 6.23. The molecule has 0 amide bonds. The molecule has 0 aliphatic heterocycles. The van der Waals surface area contributed by atoms with Gasteiger partial charge in [-0.2, -0.15) is 0 Å². The average molecular weight is 434 g/mol. The molecular weight excluding hydrogens is 410 g/mol. The van der Waals surface area contributed by atoms with Crippen LogP contribution < -0.4 is 4.72 Å². The molecule has 0 aliphatic carbocycles. The standard InChI is InChI=1S/C25H23NO4S/c1-25(2,3)18-9-12-20(13-10-18)31(28,29)26-19-11-14-22-21(15-19)24(23(16-27)30-22)17-7-5-4-6-8-17/h4-16,26H,1-3H3. The van der Waals surface area contributed by atoms with Crippen molar-refractivity contribution in [1.82, 2.24) is 0 Å². The highest BCUT2D eigenvalue weighted by Crippen LogP contribution is 2.36. The first-order chi connectivity index (χ1) is 14.7. The van der Waals surface area contributed by atoms with Gasteiger partial charge >= 0.3 is 0 Å². The summed E-state index contributed by atoms with van der Waals surface area (Å²) in [5, 5.41) is 0.664. The van der Waals surface area contributed by atoms with E-state index in [9.17, 15) is 13.2 Å². The largest absolute Gasteiger partial charge is 0.453 e. The highest BCUT2D eigenvalue weighted by molar-refractivity contribution is 7.92. The van der Waals surface area contributed by atoms with E-state index in [0.717, 1.165) is 11.1 Å². The lowest BCUT2D eigenvalue weighted by atomic mass is 9.87. The summed E-state index contributed by atoms with van der Waals surface area (Å²) in [5.74, 6) is 0.207. The van der Waals surface area contributed by atoms with Crippen LogP contribution in [0, 0.1) is 0 Å². The molecule has 4 aromatic rings. The Hall–Kier alpha value is -3.38. The Morgan fingerprint density at radius 2 is 1.58 bits per heavy atom. The molecule has 1 aromatic heterocycles. The number of sulfonamides is 1. The first-order valence-electron chi connectivity index (χ1n) is 9.89. The normalized spacial score (nSPS) is 12.1. The lowest BCUT2D eigenvalue weighted by Gasteiger charge is -2.19. The zero-order chi connectivity index (χ0) is 22.2. The third-order valence-electron chi connectivity index (χ3n) is 5.17. The molecular formula is C25H23NO4S. The van der Waals surface area contributed by atoms with E-state index in [0.29, 0.717) is 28.5 Å². The van der Waals surface area contributed by atoms with Gasteiger partial charge in [0.2, 0.25) is 0 Å². The van der Waals surface area contributed by atoms with Crippen molar-refractivity contribution in [3.05, 3.63) is 84.1 Å². The summed E-state index contributed by atoms with van der Waals surface area (Å²) in [5.41, 5.74) is 3.36. The first-order valence-corrected chi connectivity index (χ1v) is 11.4. The Morgan fingerprint density at radius 3 is 2.19 bits per heavy atom. The number of hydrogen-bond donors (Lipinski definition) is 1. The molecule has 0 saturated heterocycles.